The minimum atomic E-state index is -1.94. The highest BCUT2D eigenvalue weighted by atomic mass is 79.9. The molecule has 1 aromatic carbocycles. The Morgan fingerprint density at radius 2 is 1.82 bits per heavy atom. The fraction of sp³-hybridized carbons (Fsp3) is 0.500. The zero-order valence-electron chi connectivity index (χ0n) is 10.9. The summed E-state index contributed by atoms with van der Waals surface area (Å²) in [5.74, 6) is 0.190. The molecule has 1 rings (SSSR count). The molecule has 0 atom stereocenters. The zero-order chi connectivity index (χ0) is 13.4. The SMILES string of the molecule is CC(C)(C)[Si](C)(C)Oc1cc(Br)c(F)cc1N. The average molecular weight is 320 g/mol. The minimum absolute atomic E-state index is 0.0836. The summed E-state index contributed by atoms with van der Waals surface area (Å²) in [4.78, 5) is 0. The minimum Gasteiger partial charge on any atom is -0.542 e. The maximum Gasteiger partial charge on any atom is 0.250 e. The first kappa shape index (κ1) is 14.5. The summed E-state index contributed by atoms with van der Waals surface area (Å²) in [5.41, 5.74) is 6.12. The molecular weight excluding hydrogens is 301 g/mol. The Bertz CT molecular complexity index is 429. The Balaban J connectivity index is 3.08. The van der Waals surface area contributed by atoms with Gasteiger partial charge in [-0.1, -0.05) is 20.8 Å². The zero-order valence-corrected chi connectivity index (χ0v) is 13.5. The Hall–Kier alpha value is -0.553. The highest BCUT2D eigenvalue weighted by Gasteiger charge is 2.39. The molecule has 0 saturated heterocycles. The van der Waals surface area contributed by atoms with Crippen molar-refractivity contribution < 1.29 is 8.82 Å². The van der Waals surface area contributed by atoms with E-state index in [1.165, 1.54) is 6.07 Å². The third-order valence-electron chi connectivity index (χ3n) is 3.22. The largest absolute Gasteiger partial charge is 0.542 e. The predicted octanol–water partition coefficient (Wildman–Crippen LogP) is 4.55. The third-order valence-corrected chi connectivity index (χ3v) is 8.17. The van der Waals surface area contributed by atoms with Crippen molar-refractivity contribution in [2.75, 3.05) is 5.73 Å². The molecular formula is C12H19BrFNOSi. The standard InChI is InChI=1S/C12H19BrFNOSi/c1-12(2,3)17(4,5)16-11-6-8(13)9(14)7-10(11)15/h6-7H,15H2,1-5H3. The van der Waals surface area contributed by atoms with E-state index in [1.54, 1.807) is 6.07 Å². The molecule has 17 heavy (non-hydrogen) atoms. The van der Waals surface area contributed by atoms with Crippen molar-refractivity contribution in [1.82, 2.24) is 0 Å². The van der Waals surface area contributed by atoms with Gasteiger partial charge in [-0.2, -0.15) is 0 Å². The fourth-order valence-corrected chi connectivity index (χ4v) is 2.42. The van der Waals surface area contributed by atoms with Gasteiger partial charge in [-0.05, 0) is 40.1 Å². The molecule has 2 N–H and O–H groups in total. The molecule has 0 amide bonds. The van der Waals surface area contributed by atoms with Gasteiger partial charge in [-0.25, -0.2) is 4.39 Å². The van der Waals surface area contributed by atoms with Crippen LogP contribution in [0.4, 0.5) is 10.1 Å². The van der Waals surface area contributed by atoms with Gasteiger partial charge in [0.05, 0.1) is 10.2 Å². The summed E-state index contributed by atoms with van der Waals surface area (Å²) >= 11 is 3.14. The Morgan fingerprint density at radius 3 is 2.29 bits per heavy atom. The molecule has 0 saturated carbocycles. The van der Waals surface area contributed by atoms with Crippen LogP contribution in [-0.2, 0) is 0 Å². The second-order valence-corrected chi connectivity index (χ2v) is 11.2. The summed E-state index contributed by atoms with van der Waals surface area (Å²) in [6.45, 7) is 10.7. The normalized spacial score (nSPS) is 12.6. The lowest BCUT2D eigenvalue weighted by molar-refractivity contribution is 0.492. The van der Waals surface area contributed by atoms with E-state index in [-0.39, 0.29) is 10.9 Å². The lowest BCUT2D eigenvalue weighted by Gasteiger charge is -2.36. The molecule has 0 aromatic heterocycles. The van der Waals surface area contributed by atoms with Crippen LogP contribution >= 0.6 is 15.9 Å². The molecule has 0 radical (unpaired) electrons. The average Bonchev–Trinajstić information content (AvgIpc) is 2.12. The fourth-order valence-electron chi connectivity index (χ4n) is 1.06. The maximum atomic E-state index is 13.3. The van der Waals surface area contributed by atoms with E-state index < -0.39 is 8.32 Å². The molecule has 5 heteroatoms. The Labute approximate surface area is 112 Å². The van der Waals surface area contributed by atoms with Gasteiger partial charge in [0.25, 0.3) is 8.32 Å². The molecule has 0 aliphatic heterocycles. The van der Waals surface area contributed by atoms with Crippen LogP contribution in [0, 0.1) is 5.82 Å². The van der Waals surface area contributed by atoms with Crippen LogP contribution in [0.5, 0.6) is 5.75 Å². The van der Waals surface area contributed by atoms with Gasteiger partial charge in [0.15, 0.2) is 0 Å². The van der Waals surface area contributed by atoms with Crippen LogP contribution in [0.25, 0.3) is 0 Å². The van der Waals surface area contributed by atoms with Crippen molar-refractivity contribution in [1.29, 1.82) is 0 Å². The van der Waals surface area contributed by atoms with Gasteiger partial charge in [-0.3, -0.25) is 0 Å². The lowest BCUT2D eigenvalue weighted by atomic mass is 10.2. The van der Waals surface area contributed by atoms with E-state index in [0.717, 1.165) is 0 Å². The monoisotopic (exact) mass is 319 g/mol. The topological polar surface area (TPSA) is 35.2 Å². The van der Waals surface area contributed by atoms with Gasteiger partial charge < -0.3 is 10.2 Å². The van der Waals surface area contributed by atoms with Crippen LogP contribution < -0.4 is 10.2 Å². The number of anilines is 1. The van der Waals surface area contributed by atoms with E-state index in [4.69, 9.17) is 10.2 Å². The van der Waals surface area contributed by atoms with Crippen LogP contribution in [0.3, 0.4) is 0 Å². The first-order valence-corrected chi connectivity index (χ1v) is 9.18. The highest BCUT2D eigenvalue weighted by Crippen LogP contribution is 2.39. The van der Waals surface area contributed by atoms with Gasteiger partial charge in [0, 0.05) is 6.07 Å². The van der Waals surface area contributed by atoms with Crippen LogP contribution in [0.15, 0.2) is 16.6 Å². The summed E-state index contributed by atoms with van der Waals surface area (Å²) in [6, 6.07) is 2.89. The highest BCUT2D eigenvalue weighted by molar-refractivity contribution is 9.10. The predicted molar refractivity (Wildman–Crippen MR) is 76.3 cm³/mol. The molecule has 2 nitrogen and oxygen atoms in total. The smallest absolute Gasteiger partial charge is 0.250 e. The first-order chi connectivity index (χ1) is 7.54. The van der Waals surface area contributed by atoms with E-state index in [0.29, 0.717) is 15.9 Å². The van der Waals surface area contributed by atoms with Crippen molar-refractivity contribution in [3.63, 3.8) is 0 Å². The Kier molecular flexibility index (Phi) is 3.93. The van der Waals surface area contributed by atoms with Gasteiger partial charge in [0.1, 0.15) is 11.6 Å². The number of benzene rings is 1. The van der Waals surface area contributed by atoms with Crippen molar-refractivity contribution >= 4 is 29.9 Å². The maximum absolute atomic E-state index is 13.3. The molecule has 0 unspecified atom stereocenters. The van der Waals surface area contributed by atoms with Crippen LogP contribution in [0.1, 0.15) is 20.8 Å². The molecule has 0 bridgehead atoms. The molecule has 0 heterocycles. The van der Waals surface area contributed by atoms with Crippen molar-refractivity contribution in [2.24, 2.45) is 0 Å². The summed E-state index contributed by atoms with van der Waals surface area (Å²) in [7, 11) is -1.94. The summed E-state index contributed by atoms with van der Waals surface area (Å²) in [5, 5.41) is 0.0836. The molecule has 0 aliphatic rings. The Morgan fingerprint density at radius 1 is 1.29 bits per heavy atom. The number of nitrogens with two attached hydrogens (primary N) is 1. The second-order valence-electron chi connectivity index (χ2n) is 5.67. The first-order valence-electron chi connectivity index (χ1n) is 5.48. The number of hydrogen-bond acceptors (Lipinski definition) is 2. The molecule has 1 aromatic rings. The van der Waals surface area contributed by atoms with Gasteiger partial charge >= 0.3 is 0 Å². The number of nitrogen functional groups attached to an aromatic ring is 1. The van der Waals surface area contributed by atoms with Crippen LogP contribution in [-0.4, -0.2) is 8.32 Å². The molecule has 0 aliphatic carbocycles. The number of halogens is 2. The van der Waals surface area contributed by atoms with Crippen LogP contribution in [0.2, 0.25) is 18.1 Å². The van der Waals surface area contributed by atoms with E-state index in [2.05, 4.69) is 49.8 Å². The second kappa shape index (κ2) is 4.61. The van der Waals surface area contributed by atoms with Gasteiger partial charge in [0.2, 0.25) is 0 Å². The lowest BCUT2D eigenvalue weighted by Crippen LogP contribution is -2.44. The summed E-state index contributed by atoms with van der Waals surface area (Å²) < 4.78 is 19.7. The number of hydrogen-bond donors (Lipinski definition) is 1. The molecule has 0 spiro atoms. The summed E-state index contributed by atoms with van der Waals surface area (Å²) in [6.07, 6.45) is 0. The van der Waals surface area contributed by atoms with Crippen molar-refractivity contribution in [3.05, 3.63) is 22.4 Å². The van der Waals surface area contributed by atoms with E-state index in [1.807, 2.05) is 0 Å². The quantitative estimate of drug-likeness (QED) is 0.641. The van der Waals surface area contributed by atoms with Crippen molar-refractivity contribution in [3.8, 4) is 5.75 Å². The van der Waals surface area contributed by atoms with E-state index in [9.17, 15) is 4.39 Å². The third kappa shape index (κ3) is 3.22. The number of rotatable bonds is 2. The van der Waals surface area contributed by atoms with Gasteiger partial charge in [-0.15, -0.1) is 0 Å². The molecule has 96 valence electrons. The van der Waals surface area contributed by atoms with Crippen molar-refractivity contribution in [2.45, 2.75) is 38.9 Å². The molecule has 0 fully saturated rings. The van der Waals surface area contributed by atoms with E-state index >= 15 is 0 Å².